The van der Waals surface area contributed by atoms with E-state index in [1.807, 2.05) is 161 Å². The average molecular weight is 1310 g/mol. The van der Waals surface area contributed by atoms with E-state index in [4.69, 9.17) is 62.4 Å². The number of benzene rings is 1. The number of thiazole rings is 2. The predicted octanol–water partition coefficient (Wildman–Crippen LogP) is 18.1. The Labute approximate surface area is 524 Å². The van der Waals surface area contributed by atoms with Gasteiger partial charge in [0.05, 0.1) is 57.5 Å². The quantitative estimate of drug-likeness (QED) is 0.153. The van der Waals surface area contributed by atoms with Crippen LogP contribution in [0, 0.1) is 96.9 Å². The van der Waals surface area contributed by atoms with E-state index < -0.39 is 11.9 Å². The highest BCUT2D eigenvalue weighted by Gasteiger charge is 2.34. The molecule has 10 heterocycles. The molecule has 0 atom stereocenters. The number of hydrogen-bond acceptors (Lipinski definition) is 16. The number of para-hydroxylation sites is 1. The molecule has 0 radical (unpaired) electrons. The van der Waals surface area contributed by atoms with Crippen molar-refractivity contribution in [1.29, 1.82) is 0 Å². The van der Waals surface area contributed by atoms with Crippen LogP contribution in [0.5, 0.6) is 0 Å². The van der Waals surface area contributed by atoms with Gasteiger partial charge in [-0.1, -0.05) is 92.0 Å². The number of thiophene rings is 1. The molecule has 0 amide bonds. The molecule has 11 rings (SSSR count). The third-order valence-corrected chi connectivity index (χ3v) is 16.0. The second-order valence-electron chi connectivity index (χ2n) is 17.2. The molecule has 11 aromatic rings. The number of aromatic nitrogens is 14. The molecule has 1 aromatic carbocycles. The summed E-state index contributed by atoms with van der Waals surface area (Å²) in [6.45, 7) is 27.0. The molecule has 0 aliphatic carbocycles. The molecule has 83 heavy (non-hydrogen) atoms. The molecule has 0 fully saturated rings. The summed E-state index contributed by atoms with van der Waals surface area (Å²) in [6.07, 6.45) is 8.27. The molecule has 0 unspecified atom stereocenters. The van der Waals surface area contributed by atoms with Crippen LogP contribution in [0.2, 0.25) is 23.4 Å². The fraction of sp³-hybridized carbons (Fsp3) is 0.304. The van der Waals surface area contributed by atoms with Crippen molar-refractivity contribution < 1.29 is 17.6 Å². The lowest BCUT2D eigenvalue weighted by atomic mass is 10.2. The summed E-state index contributed by atoms with van der Waals surface area (Å²) in [4.78, 5) is 31.0. The lowest BCUT2D eigenvalue weighted by Crippen LogP contribution is -2.10. The monoisotopic (exact) mass is 1310 g/mol. The van der Waals surface area contributed by atoms with Crippen LogP contribution in [0.25, 0.3) is 5.69 Å². The van der Waals surface area contributed by atoms with Crippen LogP contribution < -0.4 is 0 Å². The van der Waals surface area contributed by atoms with Crippen LogP contribution >= 0.6 is 104 Å². The van der Waals surface area contributed by atoms with E-state index >= 15 is 0 Å². The first-order chi connectivity index (χ1) is 39.0. The number of nitrogens with zero attached hydrogens (tertiary/aromatic N) is 14. The Morgan fingerprint density at radius 3 is 1.48 bits per heavy atom. The van der Waals surface area contributed by atoms with E-state index in [0.717, 1.165) is 68.0 Å². The van der Waals surface area contributed by atoms with E-state index in [-0.39, 0.29) is 5.56 Å². The van der Waals surface area contributed by atoms with Gasteiger partial charge in [0, 0.05) is 71.1 Å². The Kier molecular flexibility index (Phi) is 33.6. The van der Waals surface area contributed by atoms with Gasteiger partial charge in [-0.15, -0.1) is 27.8 Å². The number of hydrogen-bond donors (Lipinski definition) is 0. The second kappa shape index (κ2) is 38.1. The number of rotatable bonds is 1. The first-order valence-corrected chi connectivity index (χ1v) is 29.8. The summed E-state index contributed by atoms with van der Waals surface area (Å²) in [5, 5.41) is 15.7. The standard InChI is InChI=1S/C10H11N3.C6H5F3N2.C6H10N2.C6H9N.C6H8O.C5H5ClS.C5H6N2.2C4H3Cl2NS.C4H6N2S/c1-8-9(2)12-13(11-8)10-6-4-3-5-7-10;1-4-2-10-3-11-5(4)6(7,8)9;1-5-6(2)8(3)4-7-5;1-6-4-3-5-7(6)2;1-5-3-4-7-6(5)2;1-4-5(6)2-3-7-4;1-5-4-6-2-3-7-5;1-2-3(5)7-4(6)8-2;1-2-3(5)8-4(6)7-2;1-3-4(2)7-6-5-3/h3-7H,1-2H3;2-3H,1H3;4H,1-3H3;3-5H,1-2H3;3-4H,1-2H3;2-3H,1H3;2-4H,1H3;2*1H3;1-2H3. The minimum atomic E-state index is -4.37. The minimum Gasteiger partial charge on any atom is -0.469 e. The molecule has 0 aliphatic rings. The molecular formula is C56H66Cl5F3N14OS4. The van der Waals surface area contributed by atoms with Gasteiger partial charge in [0.1, 0.15) is 21.6 Å². The van der Waals surface area contributed by atoms with E-state index in [2.05, 4.69) is 79.2 Å². The topological polar surface area (TPSA) is 170 Å². The Hall–Kier alpha value is -5.95. The molecule has 0 saturated carbocycles. The van der Waals surface area contributed by atoms with Gasteiger partial charge in [0.2, 0.25) is 0 Å². The molecule has 0 spiro atoms. The third-order valence-electron chi connectivity index (χ3n) is 10.8. The van der Waals surface area contributed by atoms with Crippen molar-refractivity contribution >= 4 is 104 Å². The molecule has 10 aromatic heterocycles. The molecule has 0 aliphatic heterocycles. The summed E-state index contributed by atoms with van der Waals surface area (Å²) >= 11 is 33.6. The van der Waals surface area contributed by atoms with Gasteiger partial charge < -0.3 is 13.6 Å². The molecule has 15 nitrogen and oxygen atoms in total. The highest BCUT2D eigenvalue weighted by Crippen LogP contribution is 2.29. The first kappa shape index (κ1) is 73.2. The zero-order valence-corrected chi connectivity index (χ0v) is 55.8. The molecular weight excluding hydrogens is 1250 g/mol. The summed E-state index contributed by atoms with van der Waals surface area (Å²) in [5.74, 6) is 1.01. The van der Waals surface area contributed by atoms with Gasteiger partial charge in [-0.05, 0) is 161 Å². The lowest BCUT2D eigenvalue weighted by molar-refractivity contribution is -0.141. The maximum Gasteiger partial charge on any atom is 0.433 e. The van der Waals surface area contributed by atoms with Crippen LogP contribution in [-0.2, 0) is 20.3 Å². The van der Waals surface area contributed by atoms with Gasteiger partial charge in [0.15, 0.2) is 14.6 Å². The highest BCUT2D eigenvalue weighted by atomic mass is 35.5. The van der Waals surface area contributed by atoms with Crippen molar-refractivity contribution in [3.63, 3.8) is 0 Å². The molecule has 0 bridgehead atoms. The maximum atomic E-state index is 12.0. The summed E-state index contributed by atoms with van der Waals surface area (Å²) in [5.41, 5.74) is 9.82. The minimum absolute atomic E-state index is 0.0417. The van der Waals surface area contributed by atoms with Crippen LogP contribution in [0.3, 0.4) is 0 Å². The smallest absolute Gasteiger partial charge is 0.433 e. The SMILES string of the molecule is Cc1cccn1C.Cc1ccoc1C.Cc1cnccn1.Cc1cncnc1C(F)(F)F.Cc1nc(Cl)sc1Cl.Cc1ncn(C)c1C.Cc1nn(-c2ccccc2)nc1C.Cc1nnsc1C.Cc1sc(Cl)nc1Cl.Cc1sccc1Cl. The Morgan fingerprint density at radius 1 is 0.590 bits per heavy atom. The van der Waals surface area contributed by atoms with Crippen molar-refractivity contribution in [1.82, 2.24) is 68.6 Å². The summed E-state index contributed by atoms with van der Waals surface area (Å²) in [7, 11) is 4.03. The molecule has 0 N–H and O–H groups in total. The molecule has 446 valence electrons. The largest absolute Gasteiger partial charge is 0.469 e. The maximum absolute atomic E-state index is 12.0. The fourth-order valence-corrected chi connectivity index (χ4v) is 8.97. The second-order valence-corrected chi connectivity index (χ2v) is 24.0. The van der Waals surface area contributed by atoms with E-state index in [1.54, 1.807) is 41.0 Å². The normalized spacial score (nSPS) is 9.93. The average Bonchev–Trinajstić information content (AvgIpc) is 4.42. The Morgan fingerprint density at radius 2 is 1.24 bits per heavy atom. The number of aryl methyl sites for hydroxylation is 15. The van der Waals surface area contributed by atoms with Gasteiger partial charge >= 0.3 is 6.18 Å². The van der Waals surface area contributed by atoms with Gasteiger partial charge in [-0.2, -0.15) is 28.2 Å². The van der Waals surface area contributed by atoms with E-state index in [0.29, 0.717) is 18.4 Å². The van der Waals surface area contributed by atoms with Crippen molar-refractivity contribution in [2.75, 3.05) is 0 Å². The Bertz CT molecular complexity index is 3200. The molecule has 0 saturated heterocycles. The van der Waals surface area contributed by atoms with Crippen LogP contribution in [0.15, 0.2) is 114 Å². The fourth-order valence-electron chi connectivity index (χ4n) is 5.14. The van der Waals surface area contributed by atoms with Crippen LogP contribution in [0.4, 0.5) is 13.2 Å². The third kappa shape index (κ3) is 28.9. The van der Waals surface area contributed by atoms with Gasteiger partial charge in [-0.3, -0.25) is 9.97 Å². The van der Waals surface area contributed by atoms with Gasteiger partial charge in [-0.25, -0.2) is 24.9 Å². The first-order valence-electron chi connectivity index (χ1n) is 24.6. The lowest BCUT2D eigenvalue weighted by Gasteiger charge is -2.06. The Balaban J connectivity index is 0.000000317. The summed E-state index contributed by atoms with van der Waals surface area (Å²) < 4.78 is 50.3. The molecule has 27 heteroatoms. The van der Waals surface area contributed by atoms with E-state index in [9.17, 15) is 13.2 Å². The van der Waals surface area contributed by atoms with Crippen molar-refractivity contribution in [2.24, 2.45) is 14.1 Å². The highest BCUT2D eigenvalue weighted by molar-refractivity contribution is 7.19. The van der Waals surface area contributed by atoms with Crippen LogP contribution in [-0.4, -0.2) is 68.6 Å². The van der Waals surface area contributed by atoms with Crippen molar-refractivity contribution in [3.05, 3.63) is 216 Å². The van der Waals surface area contributed by atoms with Crippen LogP contribution in [0.1, 0.15) is 82.8 Å². The van der Waals surface area contributed by atoms with Crippen molar-refractivity contribution in [2.45, 2.75) is 103 Å². The zero-order valence-electron chi connectivity index (χ0n) is 48.7. The predicted molar refractivity (Wildman–Crippen MR) is 338 cm³/mol. The summed E-state index contributed by atoms with van der Waals surface area (Å²) in [6, 6.07) is 17.9. The van der Waals surface area contributed by atoms with Crippen molar-refractivity contribution in [3.8, 4) is 5.69 Å². The number of halogens is 8. The number of imidazole rings is 1. The van der Waals surface area contributed by atoms with Gasteiger partial charge in [0.25, 0.3) is 0 Å². The van der Waals surface area contributed by atoms with E-state index in [1.165, 1.54) is 67.8 Å². The number of alkyl halides is 3. The number of furan rings is 1. The zero-order chi connectivity index (χ0) is 62.4.